The van der Waals surface area contributed by atoms with Gasteiger partial charge in [-0.3, -0.25) is 0 Å². The quantitative estimate of drug-likeness (QED) is 0.603. The number of rotatable bonds is 6. The van der Waals surface area contributed by atoms with Gasteiger partial charge in [0.15, 0.2) is 0 Å². The fraction of sp³-hybridized carbons (Fsp3) is 0.412. The molecule has 20 heavy (non-hydrogen) atoms. The summed E-state index contributed by atoms with van der Waals surface area (Å²) < 4.78 is 5.55. The normalized spacial score (nSPS) is 14.2. The molecule has 0 aliphatic rings. The van der Waals surface area contributed by atoms with E-state index in [1.807, 2.05) is 13.0 Å². The average molecular weight is 276 g/mol. The first-order valence-corrected chi connectivity index (χ1v) is 6.76. The maximum Gasteiger partial charge on any atom is 0.123 e. The molecule has 3 heteroatoms. The highest BCUT2D eigenvalue weighted by Gasteiger charge is 2.18. The summed E-state index contributed by atoms with van der Waals surface area (Å²) in [4.78, 5) is 0. The second-order valence-electron chi connectivity index (χ2n) is 5.41. The van der Waals surface area contributed by atoms with Gasteiger partial charge in [-0.2, -0.15) is 0 Å². The lowest BCUT2D eigenvalue weighted by atomic mass is 9.97. The Morgan fingerprint density at radius 2 is 2.00 bits per heavy atom. The van der Waals surface area contributed by atoms with Crippen molar-refractivity contribution < 1.29 is 14.9 Å². The first kappa shape index (κ1) is 16.3. The third-order valence-electron chi connectivity index (χ3n) is 3.29. The Labute approximate surface area is 121 Å². The zero-order chi connectivity index (χ0) is 15.2. The van der Waals surface area contributed by atoms with Crippen LogP contribution >= 0.6 is 0 Å². The zero-order valence-corrected chi connectivity index (χ0v) is 12.7. The molecular weight excluding hydrogens is 252 g/mol. The highest BCUT2D eigenvalue weighted by molar-refractivity contribution is 5.59. The van der Waals surface area contributed by atoms with Crippen molar-refractivity contribution in [1.29, 1.82) is 0 Å². The molecule has 0 amide bonds. The molecule has 0 radical (unpaired) electrons. The van der Waals surface area contributed by atoms with E-state index in [9.17, 15) is 10.2 Å². The van der Waals surface area contributed by atoms with Crippen molar-refractivity contribution in [2.24, 2.45) is 0 Å². The monoisotopic (exact) mass is 276 g/mol. The number of allylic oxidation sites excluding steroid dienone is 2. The molecule has 0 saturated carbocycles. The topological polar surface area (TPSA) is 49.7 Å². The largest absolute Gasteiger partial charge is 0.508 e. The summed E-state index contributed by atoms with van der Waals surface area (Å²) in [5.41, 5.74) is 1.47. The number of ether oxygens (including phenoxy) is 1. The summed E-state index contributed by atoms with van der Waals surface area (Å²) in [5.74, 6) is 0.271. The molecule has 110 valence electrons. The van der Waals surface area contributed by atoms with Gasteiger partial charge >= 0.3 is 0 Å². The minimum absolute atomic E-state index is 0.131. The van der Waals surface area contributed by atoms with E-state index in [-0.39, 0.29) is 11.5 Å². The molecule has 0 heterocycles. The summed E-state index contributed by atoms with van der Waals surface area (Å²) in [5, 5.41) is 19.2. The van der Waals surface area contributed by atoms with E-state index in [0.29, 0.717) is 5.56 Å². The number of benzene rings is 1. The van der Waals surface area contributed by atoms with Crippen molar-refractivity contribution in [2.45, 2.75) is 39.2 Å². The lowest BCUT2D eigenvalue weighted by molar-refractivity contribution is 0.0429. The number of phenols is 2. The van der Waals surface area contributed by atoms with Crippen molar-refractivity contribution in [1.82, 2.24) is 0 Å². The van der Waals surface area contributed by atoms with E-state index < -0.39 is 5.60 Å². The van der Waals surface area contributed by atoms with Gasteiger partial charge in [-0.15, -0.1) is 0 Å². The van der Waals surface area contributed by atoms with E-state index in [1.54, 1.807) is 13.2 Å². The lowest BCUT2D eigenvalue weighted by Crippen LogP contribution is -2.23. The van der Waals surface area contributed by atoms with Crippen LogP contribution in [0.4, 0.5) is 0 Å². The first-order chi connectivity index (χ1) is 9.36. The predicted molar refractivity (Wildman–Crippen MR) is 82.9 cm³/mol. The van der Waals surface area contributed by atoms with Crippen LogP contribution in [0.1, 0.15) is 39.2 Å². The summed E-state index contributed by atoms with van der Waals surface area (Å²) >= 11 is 0. The van der Waals surface area contributed by atoms with Crippen LogP contribution in [0.15, 0.2) is 35.9 Å². The van der Waals surface area contributed by atoms with Crippen LogP contribution in [0, 0.1) is 0 Å². The van der Waals surface area contributed by atoms with E-state index in [1.165, 1.54) is 23.8 Å². The van der Waals surface area contributed by atoms with Crippen molar-refractivity contribution in [3.8, 4) is 11.5 Å². The number of aromatic hydroxyl groups is 2. The second kappa shape index (κ2) is 7.15. The molecule has 0 unspecified atom stereocenters. The Morgan fingerprint density at radius 3 is 2.60 bits per heavy atom. The molecule has 0 saturated heterocycles. The van der Waals surface area contributed by atoms with Crippen LogP contribution in [0.5, 0.6) is 11.5 Å². The number of hydrogen-bond acceptors (Lipinski definition) is 3. The van der Waals surface area contributed by atoms with Gasteiger partial charge in [0.1, 0.15) is 11.5 Å². The maximum atomic E-state index is 9.74. The minimum Gasteiger partial charge on any atom is -0.508 e. The van der Waals surface area contributed by atoms with Crippen LogP contribution in [-0.4, -0.2) is 22.9 Å². The van der Waals surface area contributed by atoms with E-state index in [4.69, 9.17) is 4.74 Å². The predicted octanol–water partition coefficient (Wildman–Crippen LogP) is 4.26. The molecule has 3 nitrogen and oxygen atoms in total. The number of methoxy groups -OCH3 is 1. The molecule has 0 aliphatic heterocycles. The SMILES string of the molecule is CO[C@@](C)(C=Cc1cc(O)ccc1O)CCC=C(C)C. The molecule has 0 bridgehead atoms. The number of hydrogen-bond donors (Lipinski definition) is 2. The lowest BCUT2D eigenvalue weighted by Gasteiger charge is -2.24. The van der Waals surface area contributed by atoms with Crippen LogP contribution in [0.2, 0.25) is 0 Å². The summed E-state index contributed by atoms with van der Waals surface area (Å²) in [6.07, 6.45) is 7.66. The van der Waals surface area contributed by atoms with Crippen LogP contribution < -0.4 is 0 Å². The molecule has 1 aromatic rings. The molecule has 0 aliphatic carbocycles. The van der Waals surface area contributed by atoms with E-state index in [2.05, 4.69) is 19.9 Å². The molecule has 1 rings (SSSR count). The van der Waals surface area contributed by atoms with Crippen molar-refractivity contribution in [3.63, 3.8) is 0 Å². The van der Waals surface area contributed by atoms with E-state index in [0.717, 1.165) is 12.8 Å². The molecule has 1 atom stereocenters. The van der Waals surface area contributed by atoms with Gasteiger partial charge in [0, 0.05) is 12.7 Å². The van der Waals surface area contributed by atoms with Crippen molar-refractivity contribution in [2.75, 3.05) is 7.11 Å². The van der Waals surface area contributed by atoms with Gasteiger partial charge < -0.3 is 14.9 Å². The molecule has 2 N–H and O–H groups in total. The fourth-order valence-electron chi connectivity index (χ4n) is 1.84. The van der Waals surface area contributed by atoms with Crippen LogP contribution in [0.25, 0.3) is 6.08 Å². The summed E-state index contributed by atoms with van der Waals surface area (Å²) in [7, 11) is 1.68. The van der Waals surface area contributed by atoms with Gasteiger partial charge in [-0.25, -0.2) is 0 Å². The maximum absolute atomic E-state index is 9.74. The fourth-order valence-corrected chi connectivity index (χ4v) is 1.84. The van der Waals surface area contributed by atoms with Crippen LogP contribution in [0.3, 0.4) is 0 Å². The third-order valence-corrected chi connectivity index (χ3v) is 3.29. The van der Waals surface area contributed by atoms with Crippen molar-refractivity contribution >= 4 is 6.08 Å². The summed E-state index contributed by atoms with van der Waals surface area (Å²) in [6, 6.07) is 4.46. The van der Waals surface area contributed by atoms with Gasteiger partial charge in [0.2, 0.25) is 0 Å². The van der Waals surface area contributed by atoms with E-state index >= 15 is 0 Å². The molecule has 0 aromatic heterocycles. The van der Waals surface area contributed by atoms with Gasteiger partial charge in [-0.1, -0.05) is 23.8 Å². The Kier molecular flexibility index (Phi) is 5.83. The zero-order valence-electron chi connectivity index (χ0n) is 12.7. The highest BCUT2D eigenvalue weighted by atomic mass is 16.5. The smallest absolute Gasteiger partial charge is 0.123 e. The molecule has 0 fully saturated rings. The standard InChI is InChI=1S/C17H24O3/c1-13(2)6-5-10-17(3,20-4)11-9-14-12-15(18)7-8-16(14)19/h6-9,11-12,18-19H,5,10H2,1-4H3/t17-/m1/s1. The Bertz CT molecular complexity index is 499. The third kappa shape index (κ3) is 5.10. The Balaban J connectivity index is 2.83. The first-order valence-electron chi connectivity index (χ1n) is 6.76. The van der Waals surface area contributed by atoms with Crippen LogP contribution in [-0.2, 0) is 4.74 Å². The van der Waals surface area contributed by atoms with Crippen molar-refractivity contribution in [3.05, 3.63) is 41.5 Å². The second-order valence-corrected chi connectivity index (χ2v) is 5.41. The minimum atomic E-state index is -0.399. The summed E-state index contributed by atoms with van der Waals surface area (Å²) in [6.45, 7) is 6.15. The molecule has 1 aromatic carbocycles. The van der Waals surface area contributed by atoms with Gasteiger partial charge in [0.05, 0.1) is 5.60 Å². The Hall–Kier alpha value is -1.74. The Morgan fingerprint density at radius 1 is 1.30 bits per heavy atom. The number of phenolic OH excluding ortho intramolecular Hbond substituents is 2. The van der Waals surface area contributed by atoms with Gasteiger partial charge in [-0.05, 0) is 51.8 Å². The highest BCUT2D eigenvalue weighted by Crippen LogP contribution is 2.26. The average Bonchev–Trinajstić information content (AvgIpc) is 2.39. The molecule has 0 spiro atoms. The molecular formula is C17H24O3. The van der Waals surface area contributed by atoms with Gasteiger partial charge in [0.25, 0.3) is 0 Å².